The van der Waals surface area contributed by atoms with Crippen molar-refractivity contribution < 1.29 is 17.9 Å². The van der Waals surface area contributed by atoms with Gasteiger partial charge >= 0.3 is 0 Å². The van der Waals surface area contributed by atoms with Gasteiger partial charge in [0.05, 0.1) is 5.69 Å². The molecule has 2 N–H and O–H groups in total. The smallest absolute Gasteiger partial charge is 0.146 e. The number of benzene rings is 2. The van der Waals surface area contributed by atoms with Gasteiger partial charge in [-0.25, -0.2) is 13.2 Å². The molecule has 0 amide bonds. The standard InChI is InChI=1S/C13H10F3NO/c14-9-4-10(15)6-11(5-9)18-7-8-1-2-13(17)12(16)3-8/h1-6H,7,17H2. The van der Waals surface area contributed by atoms with Gasteiger partial charge in [-0.1, -0.05) is 6.07 Å². The van der Waals surface area contributed by atoms with Crippen LogP contribution in [0, 0.1) is 17.5 Å². The monoisotopic (exact) mass is 253 g/mol. The summed E-state index contributed by atoms with van der Waals surface area (Å²) in [6.45, 7) is 0.0000926. The molecule has 94 valence electrons. The van der Waals surface area contributed by atoms with Crippen molar-refractivity contribution in [1.29, 1.82) is 0 Å². The van der Waals surface area contributed by atoms with E-state index in [1.165, 1.54) is 12.1 Å². The van der Waals surface area contributed by atoms with Crippen molar-refractivity contribution in [3.63, 3.8) is 0 Å². The summed E-state index contributed by atoms with van der Waals surface area (Å²) in [5, 5.41) is 0. The van der Waals surface area contributed by atoms with Gasteiger partial charge in [0.2, 0.25) is 0 Å². The van der Waals surface area contributed by atoms with E-state index in [0.717, 1.165) is 18.2 Å². The highest BCUT2D eigenvalue weighted by Crippen LogP contribution is 2.18. The molecule has 0 bridgehead atoms. The van der Waals surface area contributed by atoms with Gasteiger partial charge in [0.15, 0.2) is 0 Å². The molecule has 0 spiro atoms. The molecule has 2 nitrogen and oxygen atoms in total. The van der Waals surface area contributed by atoms with Crippen LogP contribution < -0.4 is 10.5 Å². The molecule has 0 unspecified atom stereocenters. The van der Waals surface area contributed by atoms with Gasteiger partial charge in [-0.15, -0.1) is 0 Å². The normalized spacial score (nSPS) is 10.4. The minimum atomic E-state index is -0.728. The van der Waals surface area contributed by atoms with E-state index in [0.29, 0.717) is 5.56 Å². The Bertz CT molecular complexity index is 552. The lowest BCUT2D eigenvalue weighted by Gasteiger charge is -2.07. The lowest BCUT2D eigenvalue weighted by molar-refractivity contribution is 0.302. The molecule has 0 aliphatic heterocycles. The Kier molecular flexibility index (Phi) is 3.41. The summed E-state index contributed by atoms with van der Waals surface area (Å²) in [7, 11) is 0. The maximum Gasteiger partial charge on any atom is 0.146 e. The molecule has 2 rings (SSSR count). The number of hydrogen-bond donors (Lipinski definition) is 1. The first-order valence-electron chi connectivity index (χ1n) is 5.17. The maximum absolute atomic E-state index is 13.1. The molecule has 0 radical (unpaired) electrons. The van der Waals surface area contributed by atoms with Crippen LogP contribution in [-0.4, -0.2) is 0 Å². The molecule has 18 heavy (non-hydrogen) atoms. The Labute approximate surface area is 102 Å². The van der Waals surface area contributed by atoms with Crippen LogP contribution in [0.3, 0.4) is 0 Å². The van der Waals surface area contributed by atoms with Crippen molar-refractivity contribution >= 4 is 5.69 Å². The average Bonchev–Trinajstić information content (AvgIpc) is 2.29. The van der Waals surface area contributed by atoms with Crippen molar-refractivity contribution in [2.24, 2.45) is 0 Å². The zero-order valence-corrected chi connectivity index (χ0v) is 9.29. The highest BCUT2D eigenvalue weighted by atomic mass is 19.1. The fourth-order valence-electron chi connectivity index (χ4n) is 1.44. The maximum atomic E-state index is 13.1. The highest BCUT2D eigenvalue weighted by molar-refractivity contribution is 5.41. The summed E-state index contributed by atoms with van der Waals surface area (Å²) in [5.74, 6) is -1.96. The molecule has 2 aromatic carbocycles. The first kappa shape index (κ1) is 12.3. The second-order valence-electron chi connectivity index (χ2n) is 3.75. The molecule has 0 saturated heterocycles. The molecule has 0 aliphatic rings. The van der Waals surface area contributed by atoms with Crippen LogP contribution in [0.25, 0.3) is 0 Å². The van der Waals surface area contributed by atoms with Crippen LogP contribution in [0.15, 0.2) is 36.4 Å². The zero-order chi connectivity index (χ0) is 13.1. The van der Waals surface area contributed by atoms with Crippen molar-refractivity contribution in [3.05, 3.63) is 59.4 Å². The largest absolute Gasteiger partial charge is 0.489 e. The van der Waals surface area contributed by atoms with Crippen LogP contribution >= 0.6 is 0 Å². The SMILES string of the molecule is Nc1ccc(COc2cc(F)cc(F)c2)cc1F. The summed E-state index contributed by atoms with van der Waals surface area (Å²) in [4.78, 5) is 0. The third kappa shape index (κ3) is 2.94. The van der Waals surface area contributed by atoms with Gasteiger partial charge in [0.25, 0.3) is 0 Å². The van der Waals surface area contributed by atoms with E-state index in [2.05, 4.69) is 0 Å². The second kappa shape index (κ2) is 5.00. The number of nitrogens with two attached hydrogens (primary N) is 1. The summed E-state index contributed by atoms with van der Waals surface area (Å²) >= 11 is 0. The fraction of sp³-hybridized carbons (Fsp3) is 0.0769. The lowest BCUT2D eigenvalue weighted by Crippen LogP contribution is -1.98. The molecule has 0 saturated carbocycles. The second-order valence-corrected chi connectivity index (χ2v) is 3.75. The molecule has 0 heterocycles. The fourth-order valence-corrected chi connectivity index (χ4v) is 1.44. The summed E-state index contributed by atoms with van der Waals surface area (Å²) in [5.41, 5.74) is 5.88. The molecule has 2 aromatic rings. The summed E-state index contributed by atoms with van der Waals surface area (Å²) in [6, 6.07) is 7.04. The van der Waals surface area contributed by atoms with Crippen molar-refractivity contribution in [2.45, 2.75) is 6.61 Å². The molecule has 0 aliphatic carbocycles. The zero-order valence-electron chi connectivity index (χ0n) is 9.29. The topological polar surface area (TPSA) is 35.2 Å². The third-order valence-corrected chi connectivity index (χ3v) is 2.31. The quantitative estimate of drug-likeness (QED) is 0.852. The number of hydrogen-bond acceptors (Lipinski definition) is 2. The Morgan fingerprint density at radius 3 is 2.22 bits per heavy atom. The summed E-state index contributed by atoms with van der Waals surface area (Å²) < 4.78 is 44.0. The van der Waals surface area contributed by atoms with Crippen molar-refractivity contribution in [3.8, 4) is 5.75 Å². The van der Waals surface area contributed by atoms with E-state index >= 15 is 0 Å². The van der Waals surface area contributed by atoms with Gasteiger partial charge in [-0.05, 0) is 17.7 Å². The third-order valence-electron chi connectivity index (χ3n) is 2.31. The van der Waals surface area contributed by atoms with E-state index in [1.54, 1.807) is 6.07 Å². The Morgan fingerprint density at radius 2 is 1.61 bits per heavy atom. The van der Waals surface area contributed by atoms with Crippen molar-refractivity contribution in [1.82, 2.24) is 0 Å². The number of nitrogen functional groups attached to an aromatic ring is 1. The lowest BCUT2D eigenvalue weighted by atomic mass is 10.2. The van der Waals surface area contributed by atoms with E-state index in [9.17, 15) is 13.2 Å². The number of halogens is 3. The minimum Gasteiger partial charge on any atom is -0.489 e. The number of anilines is 1. The molecule has 0 atom stereocenters. The van der Waals surface area contributed by atoms with Crippen LogP contribution in [0.5, 0.6) is 5.75 Å². The molecule has 0 aromatic heterocycles. The van der Waals surface area contributed by atoms with Crippen molar-refractivity contribution in [2.75, 3.05) is 5.73 Å². The number of ether oxygens (including phenoxy) is 1. The Balaban J connectivity index is 2.08. The van der Waals surface area contributed by atoms with Gasteiger partial charge in [0, 0.05) is 18.2 Å². The highest BCUT2D eigenvalue weighted by Gasteiger charge is 2.04. The van der Waals surface area contributed by atoms with Gasteiger partial charge in [0.1, 0.15) is 29.8 Å². The first-order valence-corrected chi connectivity index (χ1v) is 5.17. The first-order chi connectivity index (χ1) is 8.54. The van der Waals surface area contributed by atoms with Crippen LogP contribution in [-0.2, 0) is 6.61 Å². The van der Waals surface area contributed by atoms with Gasteiger partial charge < -0.3 is 10.5 Å². The van der Waals surface area contributed by atoms with E-state index < -0.39 is 17.5 Å². The van der Waals surface area contributed by atoms with Crippen LogP contribution in [0.1, 0.15) is 5.56 Å². The van der Waals surface area contributed by atoms with E-state index in [-0.39, 0.29) is 18.0 Å². The number of rotatable bonds is 3. The minimum absolute atomic E-state index is 0.0000926. The predicted molar refractivity (Wildman–Crippen MR) is 61.5 cm³/mol. The Morgan fingerprint density at radius 1 is 0.944 bits per heavy atom. The van der Waals surface area contributed by atoms with E-state index in [4.69, 9.17) is 10.5 Å². The molecular formula is C13H10F3NO. The summed E-state index contributed by atoms with van der Waals surface area (Å²) in [6.07, 6.45) is 0. The molecule has 5 heteroatoms. The van der Waals surface area contributed by atoms with Gasteiger partial charge in [-0.3, -0.25) is 0 Å². The Hall–Kier alpha value is -2.17. The van der Waals surface area contributed by atoms with Crippen LogP contribution in [0.4, 0.5) is 18.9 Å². The molecule has 0 fully saturated rings. The molecular weight excluding hydrogens is 243 g/mol. The van der Waals surface area contributed by atoms with E-state index in [1.807, 2.05) is 0 Å². The van der Waals surface area contributed by atoms with Crippen LogP contribution in [0.2, 0.25) is 0 Å². The predicted octanol–water partition coefficient (Wildman–Crippen LogP) is 3.27. The average molecular weight is 253 g/mol. The van der Waals surface area contributed by atoms with Gasteiger partial charge in [-0.2, -0.15) is 0 Å².